The number of ether oxygens (including phenoxy) is 3. The van der Waals surface area contributed by atoms with Gasteiger partial charge in [-0.2, -0.15) is 0 Å². The summed E-state index contributed by atoms with van der Waals surface area (Å²) in [6.45, 7) is 4.50. The molecular weight excluding hydrogens is 410 g/mol. The zero-order valence-electron chi connectivity index (χ0n) is 16.3. The largest absolute Gasteiger partial charge is 0.454 e. The molecule has 29 heavy (non-hydrogen) atoms. The summed E-state index contributed by atoms with van der Waals surface area (Å²) in [4.78, 5) is 0.405. The molecule has 6 nitrogen and oxygen atoms in total. The third-order valence-corrected chi connectivity index (χ3v) is 8.37. The number of hydrogen-bond acceptors (Lipinski definition) is 6. The SMILES string of the molecule is CCOC[C@]1(C(N)=S)[C@H](c2ccc3c(c2)OCO3)[C@@H]1S(=O)(=O)c1ccc(C)cc1. The number of nitrogens with two attached hydrogens (primary N) is 1. The molecular formula is C21H23NO5S2. The molecule has 1 fully saturated rings. The van der Waals surface area contributed by atoms with Gasteiger partial charge in [0.15, 0.2) is 21.3 Å². The van der Waals surface area contributed by atoms with E-state index in [1.54, 1.807) is 30.3 Å². The summed E-state index contributed by atoms with van der Waals surface area (Å²) >= 11 is 5.38. The van der Waals surface area contributed by atoms with Crippen LogP contribution in [0.3, 0.4) is 0 Å². The Morgan fingerprint density at radius 3 is 2.55 bits per heavy atom. The molecule has 1 saturated carbocycles. The molecule has 2 aliphatic rings. The van der Waals surface area contributed by atoms with Crippen molar-refractivity contribution >= 4 is 27.0 Å². The number of sulfone groups is 1. The van der Waals surface area contributed by atoms with Gasteiger partial charge in [-0.1, -0.05) is 36.0 Å². The summed E-state index contributed by atoms with van der Waals surface area (Å²) in [6, 6.07) is 12.3. The Kier molecular flexibility index (Phi) is 5.04. The molecule has 1 aliphatic carbocycles. The Bertz CT molecular complexity index is 1050. The van der Waals surface area contributed by atoms with Crippen LogP contribution in [0.4, 0.5) is 0 Å². The van der Waals surface area contributed by atoms with E-state index < -0.39 is 26.4 Å². The minimum atomic E-state index is -3.70. The van der Waals surface area contributed by atoms with E-state index in [1.165, 1.54) is 0 Å². The molecule has 154 valence electrons. The van der Waals surface area contributed by atoms with Crippen LogP contribution in [0.1, 0.15) is 24.0 Å². The number of aryl methyl sites for hydroxylation is 1. The van der Waals surface area contributed by atoms with Crippen molar-refractivity contribution in [3.63, 3.8) is 0 Å². The second-order valence-electron chi connectivity index (χ2n) is 7.41. The Balaban J connectivity index is 1.80. The summed E-state index contributed by atoms with van der Waals surface area (Å²) in [7, 11) is -3.70. The highest BCUT2D eigenvalue weighted by Gasteiger charge is 2.73. The Morgan fingerprint density at radius 1 is 1.21 bits per heavy atom. The summed E-state index contributed by atoms with van der Waals surface area (Å²) in [6.07, 6.45) is 0. The molecule has 1 heterocycles. The molecule has 2 N–H and O–H groups in total. The van der Waals surface area contributed by atoms with Gasteiger partial charge in [0.25, 0.3) is 0 Å². The van der Waals surface area contributed by atoms with E-state index >= 15 is 0 Å². The minimum absolute atomic E-state index is 0.147. The lowest BCUT2D eigenvalue weighted by Gasteiger charge is -2.17. The molecule has 2 aromatic carbocycles. The predicted molar refractivity (Wildman–Crippen MR) is 113 cm³/mol. The highest BCUT2D eigenvalue weighted by Crippen LogP contribution is 2.65. The first-order valence-corrected chi connectivity index (χ1v) is 11.4. The van der Waals surface area contributed by atoms with Crippen molar-refractivity contribution in [2.45, 2.75) is 29.9 Å². The summed E-state index contributed by atoms with van der Waals surface area (Å²) in [5.41, 5.74) is 6.95. The van der Waals surface area contributed by atoms with E-state index in [-0.39, 0.29) is 23.3 Å². The quantitative estimate of drug-likeness (QED) is 0.672. The zero-order valence-corrected chi connectivity index (χ0v) is 17.9. The van der Waals surface area contributed by atoms with Gasteiger partial charge >= 0.3 is 0 Å². The maximum atomic E-state index is 13.6. The fourth-order valence-corrected chi connectivity index (χ4v) is 6.89. The maximum absolute atomic E-state index is 13.6. The molecule has 1 aliphatic heterocycles. The third-order valence-electron chi connectivity index (χ3n) is 5.70. The van der Waals surface area contributed by atoms with Crippen LogP contribution in [0, 0.1) is 12.3 Å². The van der Waals surface area contributed by atoms with Gasteiger partial charge in [-0.15, -0.1) is 0 Å². The third kappa shape index (κ3) is 3.19. The predicted octanol–water partition coefficient (Wildman–Crippen LogP) is 2.97. The van der Waals surface area contributed by atoms with E-state index in [4.69, 9.17) is 32.2 Å². The smallest absolute Gasteiger partial charge is 0.231 e. The van der Waals surface area contributed by atoms with Crippen molar-refractivity contribution < 1.29 is 22.6 Å². The monoisotopic (exact) mass is 433 g/mol. The zero-order chi connectivity index (χ0) is 20.8. The van der Waals surface area contributed by atoms with Crippen molar-refractivity contribution in [1.29, 1.82) is 0 Å². The first-order chi connectivity index (χ1) is 13.8. The van der Waals surface area contributed by atoms with Gasteiger partial charge < -0.3 is 19.9 Å². The summed E-state index contributed by atoms with van der Waals surface area (Å²) in [5, 5.41) is -0.804. The molecule has 0 spiro atoms. The lowest BCUT2D eigenvalue weighted by Crippen LogP contribution is -2.33. The van der Waals surface area contributed by atoms with Crippen molar-refractivity contribution in [2.24, 2.45) is 11.1 Å². The van der Waals surface area contributed by atoms with Crippen LogP contribution in [0.2, 0.25) is 0 Å². The molecule has 8 heteroatoms. The molecule has 3 atom stereocenters. The average molecular weight is 434 g/mol. The van der Waals surface area contributed by atoms with E-state index in [9.17, 15) is 8.42 Å². The highest BCUT2D eigenvalue weighted by atomic mass is 32.2. The fourth-order valence-electron chi connectivity index (χ4n) is 4.12. The van der Waals surface area contributed by atoms with E-state index in [0.29, 0.717) is 18.1 Å². The highest BCUT2D eigenvalue weighted by molar-refractivity contribution is 7.92. The minimum Gasteiger partial charge on any atom is -0.454 e. The number of benzene rings is 2. The maximum Gasteiger partial charge on any atom is 0.231 e. The van der Waals surface area contributed by atoms with Crippen molar-refractivity contribution in [3.8, 4) is 11.5 Å². The summed E-state index contributed by atoms with van der Waals surface area (Å²) < 4.78 is 43.7. The Hall–Kier alpha value is -2.16. The first kappa shape index (κ1) is 20.1. The number of fused-ring (bicyclic) bond motifs is 1. The van der Waals surface area contributed by atoms with Crippen LogP contribution < -0.4 is 15.2 Å². The lowest BCUT2D eigenvalue weighted by molar-refractivity contribution is 0.121. The Morgan fingerprint density at radius 2 is 1.90 bits per heavy atom. The van der Waals surface area contributed by atoms with Crippen LogP contribution in [0.15, 0.2) is 47.4 Å². The van der Waals surface area contributed by atoms with E-state index in [1.807, 2.05) is 26.0 Å². The van der Waals surface area contributed by atoms with Crippen molar-refractivity contribution in [1.82, 2.24) is 0 Å². The van der Waals surface area contributed by atoms with E-state index in [0.717, 1.165) is 11.1 Å². The van der Waals surface area contributed by atoms with Crippen molar-refractivity contribution in [3.05, 3.63) is 53.6 Å². The van der Waals surface area contributed by atoms with Gasteiger partial charge in [0.2, 0.25) is 6.79 Å². The van der Waals surface area contributed by atoms with Gasteiger partial charge in [0, 0.05) is 12.5 Å². The fraction of sp³-hybridized carbons (Fsp3) is 0.381. The van der Waals surface area contributed by atoms with Crippen LogP contribution >= 0.6 is 12.2 Å². The van der Waals surface area contributed by atoms with Crippen LogP contribution in [-0.4, -0.2) is 38.7 Å². The molecule has 4 rings (SSSR count). The standard InChI is InChI=1S/C21H23NO5S2/c1-3-25-11-21(20(22)28)18(14-6-9-16-17(10-14)27-12-26-16)19(21)29(23,24)15-7-4-13(2)5-8-15/h4-10,18-19H,3,11-12H2,1-2H3,(H2,22,28)/t18-,19+,21+/m1/s1. The van der Waals surface area contributed by atoms with Gasteiger partial charge in [-0.05, 0) is 43.7 Å². The van der Waals surface area contributed by atoms with Gasteiger partial charge in [0.1, 0.15) is 0 Å². The van der Waals surface area contributed by atoms with Gasteiger partial charge in [-0.25, -0.2) is 8.42 Å². The topological polar surface area (TPSA) is 87.8 Å². The van der Waals surface area contributed by atoms with Crippen LogP contribution in [0.25, 0.3) is 0 Å². The molecule has 0 aromatic heterocycles. The molecule has 0 bridgehead atoms. The first-order valence-electron chi connectivity index (χ1n) is 9.40. The lowest BCUT2D eigenvalue weighted by atomic mass is 9.99. The van der Waals surface area contributed by atoms with Gasteiger partial charge in [-0.3, -0.25) is 0 Å². The second-order valence-corrected chi connectivity index (χ2v) is 9.92. The van der Waals surface area contributed by atoms with E-state index in [2.05, 4.69) is 0 Å². The van der Waals surface area contributed by atoms with Crippen molar-refractivity contribution in [2.75, 3.05) is 20.0 Å². The second kappa shape index (κ2) is 7.27. The number of thiocarbonyl (C=S) groups is 1. The Labute approximate surface area is 175 Å². The number of rotatable bonds is 7. The van der Waals surface area contributed by atoms with Gasteiger partial charge in [0.05, 0.1) is 27.2 Å². The number of hydrogen-bond donors (Lipinski definition) is 1. The normalized spacial score (nSPS) is 25.0. The molecule has 0 amide bonds. The summed E-state index contributed by atoms with van der Waals surface area (Å²) in [5.74, 6) is 0.805. The van der Waals surface area contributed by atoms with Crippen LogP contribution in [0.5, 0.6) is 11.5 Å². The molecule has 0 radical (unpaired) electrons. The molecule has 2 aromatic rings. The molecule has 0 unspecified atom stereocenters. The van der Waals surface area contributed by atoms with Crippen LogP contribution in [-0.2, 0) is 14.6 Å². The average Bonchev–Trinajstić information content (AvgIpc) is 3.18. The molecule has 0 saturated heterocycles.